The summed E-state index contributed by atoms with van der Waals surface area (Å²) >= 11 is 0. The van der Waals surface area contributed by atoms with Gasteiger partial charge in [0.05, 0.1) is 18.5 Å². The minimum atomic E-state index is -0.0259. The van der Waals surface area contributed by atoms with Crippen LogP contribution in [-0.2, 0) is 17.8 Å². The Morgan fingerprint density at radius 1 is 1.47 bits per heavy atom. The molecule has 5 heteroatoms. The molecule has 0 unspecified atom stereocenters. The van der Waals surface area contributed by atoms with Gasteiger partial charge in [0, 0.05) is 19.8 Å². The minimum Gasteiger partial charge on any atom is -0.467 e. The van der Waals surface area contributed by atoms with Crippen LogP contribution in [0, 0.1) is 6.92 Å². The molecule has 0 aliphatic carbocycles. The zero-order valence-corrected chi connectivity index (χ0v) is 9.60. The van der Waals surface area contributed by atoms with Crippen molar-refractivity contribution in [3.05, 3.63) is 42.0 Å². The lowest BCUT2D eigenvalue weighted by Crippen LogP contribution is -2.22. The summed E-state index contributed by atoms with van der Waals surface area (Å²) < 4.78 is 10.2. The molecule has 0 saturated carbocycles. The van der Waals surface area contributed by atoms with Gasteiger partial charge in [0.2, 0.25) is 5.91 Å². The van der Waals surface area contributed by atoms with Crippen molar-refractivity contribution in [3.8, 4) is 0 Å². The molecule has 1 N–H and O–H groups in total. The van der Waals surface area contributed by atoms with Gasteiger partial charge in [-0.1, -0.05) is 0 Å². The largest absolute Gasteiger partial charge is 0.467 e. The van der Waals surface area contributed by atoms with E-state index >= 15 is 0 Å². The van der Waals surface area contributed by atoms with Crippen LogP contribution < -0.4 is 5.32 Å². The Bertz CT molecular complexity index is 474. The van der Waals surface area contributed by atoms with Crippen LogP contribution in [0.3, 0.4) is 0 Å². The smallest absolute Gasteiger partial charge is 0.220 e. The Morgan fingerprint density at radius 2 is 2.35 bits per heavy atom. The van der Waals surface area contributed by atoms with Gasteiger partial charge in [-0.15, -0.1) is 0 Å². The van der Waals surface area contributed by atoms with Crippen LogP contribution in [0.5, 0.6) is 0 Å². The molecule has 0 aliphatic heterocycles. The van der Waals surface area contributed by atoms with Gasteiger partial charge in [-0.05, 0) is 12.1 Å². The summed E-state index contributed by atoms with van der Waals surface area (Å²) in [5.41, 5.74) is 0.802. The van der Waals surface area contributed by atoms with Gasteiger partial charge in [0.15, 0.2) is 5.89 Å². The first-order valence-corrected chi connectivity index (χ1v) is 5.44. The van der Waals surface area contributed by atoms with Crippen LogP contribution in [0.2, 0.25) is 0 Å². The summed E-state index contributed by atoms with van der Waals surface area (Å²) in [4.78, 5) is 15.6. The number of oxazole rings is 1. The van der Waals surface area contributed by atoms with Gasteiger partial charge in [0.25, 0.3) is 0 Å². The number of rotatable bonds is 5. The molecule has 0 radical (unpaired) electrons. The first-order valence-electron chi connectivity index (χ1n) is 5.44. The zero-order valence-electron chi connectivity index (χ0n) is 9.60. The maximum atomic E-state index is 11.5. The average Bonchev–Trinajstić information content (AvgIpc) is 2.95. The van der Waals surface area contributed by atoms with Crippen LogP contribution in [0.4, 0.5) is 0 Å². The molecule has 0 aliphatic rings. The fraction of sp³-hybridized carbons (Fsp3) is 0.333. The summed E-state index contributed by atoms with van der Waals surface area (Å²) in [6.07, 6.45) is 4.14. The molecule has 5 nitrogen and oxygen atoms in total. The van der Waals surface area contributed by atoms with E-state index < -0.39 is 0 Å². The van der Waals surface area contributed by atoms with E-state index in [0.717, 1.165) is 11.5 Å². The van der Waals surface area contributed by atoms with E-state index in [1.807, 2.05) is 6.07 Å². The molecule has 0 spiro atoms. The topological polar surface area (TPSA) is 68.3 Å². The van der Waals surface area contributed by atoms with Gasteiger partial charge >= 0.3 is 0 Å². The summed E-state index contributed by atoms with van der Waals surface area (Å²) in [6, 6.07) is 3.61. The molecule has 2 aromatic heterocycles. The Balaban J connectivity index is 1.71. The highest BCUT2D eigenvalue weighted by atomic mass is 16.3. The predicted octanol–water partition coefficient (Wildman–Crippen LogP) is 1.83. The normalized spacial score (nSPS) is 10.4. The van der Waals surface area contributed by atoms with Crippen LogP contribution in [0.25, 0.3) is 0 Å². The Morgan fingerprint density at radius 3 is 3.00 bits per heavy atom. The van der Waals surface area contributed by atoms with E-state index in [1.165, 1.54) is 0 Å². The van der Waals surface area contributed by atoms with E-state index in [-0.39, 0.29) is 5.91 Å². The molecule has 0 aromatic carbocycles. The molecule has 2 heterocycles. The van der Waals surface area contributed by atoms with Gasteiger partial charge in [-0.25, -0.2) is 4.98 Å². The summed E-state index contributed by atoms with van der Waals surface area (Å²) in [5, 5.41) is 2.77. The van der Waals surface area contributed by atoms with Gasteiger partial charge in [-0.2, -0.15) is 0 Å². The second-order valence-electron chi connectivity index (χ2n) is 3.71. The van der Waals surface area contributed by atoms with Crippen molar-refractivity contribution in [2.24, 2.45) is 0 Å². The van der Waals surface area contributed by atoms with Crippen LogP contribution in [0.1, 0.15) is 23.8 Å². The van der Waals surface area contributed by atoms with Gasteiger partial charge in [0.1, 0.15) is 12.0 Å². The number of aryl methyl sites for hydroxylation is 2. The van der Waals surface area contributed by atoms with E-state index in [0.29, 0.717) is 25.3 Å². The summed E-state index contributed by atoms with van der Waals surface area (Å²) in [5.74, 6) is 1.34. The molecule has 0 atom stereocenters. The lowest BCUT2D eigenvalue weighted by molar-refractivity contribution is -0.121. The third-order valence-electron chi connectivity index (χ3n) is 2.31. The molecule has 0 saturated heterocycles. The van der Waals surface area contributed by atoms with E-state index in [9.17, 15) is 4.79 Å². The second-order valence-corrected chi connectivity index (χ2v) is 3.71. The number of aromatic nitrogens is 1. The molecule has 2 rings (SSSR count). The number of amides is 1. The van der Waals surface area contributed by atoms with Crippen molar-refractivity contribution >= 4 is 5.91 Å². The number of nitrogens with zero attached hydrogens (tertiary/aromatic N) is 1. The first kappa shape index (κ1) is 11.4. The number of furan rings is 1. The average molecular weight is 234 g/mol. The van der Waals surface area contributed by atoms with Gasteiger partial charge < -0.3 is 14.2 Å². The molecule has 1 amide bonds. The van der Waals surface area contributed by atoms with E-state index in [2.05, 4.69) is 10.3 Å². The van der Waals surface area contributed by atoms with Crippen molar-refractivity contribution in [3.63, 3.8) is 0 Å². The number of hydrogen-bond donors (Lipinski definition) is 1. The van der Waals surface area contributed by atoms with Crippen molar-refractivity contribution in [1.82, 2.24) is 10.3 Å². The third kappa shape index (κ3) is 3.48. The second kappa shape index (κ2) is 5.34. The molecular weight excluding hydrogens is 220 g/mol. The fourth-order valence-electron chi connectivity index (χ4n) is 1.45. The number of carbonyl (C=O) groups excluding carboxylic acids is 1. The Labute approximate surface area is 98.8 Å². The summed E-state index contributed by atoms with van der Waals surface area (Å²) in [6.45, 7) is 2.20. The molecule has 17 heavy (non-hydrogen) atoms. The quantitative estimate of drug-likeness (QED) is 0.856. The molecule has 2 aromatic rings. The Kier molecular flexibility index (Phi) is 3.59. The van der Waals surface area contributed by atoms with Crippen molar-refractivity contribution < 1.29 is 13.6 Å². The minimum absolute atomic E-state index is 0.0259. The molecular formula is C12H14N2O3. The fourth-order valence-corrected chi connectivity index (χ4v) is 1.45. The van der Waals surface area contributed by atoms with Gasteiger partial charge in [-0.3, -0.25) is 4.79 Å². The first-order chi connectivity index (χ1) is 8.24. The van der Waals surface area contributed by atoms with Crippen LogP contribution >= 0.6 is 0 Å². The molecule has 0 bridgehead atoms. The van der Waals surface area contributed by atoms with Crippen molar-refractivity contribution in [2.45, 2.75) is 26.3 Å². The standard InChI is InChI=1S/C12H14N2O3/c1-9-14-10(8-17-9)4-5-12(15)13-7-11-3-2-6-16-11/h2-3,6,8H,4-5,7H2,1H3,(H,13,15). The lowest BCUT2D eigenvalue weighted by atomic mass is 10.2. The maximum absolute atomic E-state index is 11.5. The predicted molar refractivity (Wildman–Crippen MR) is 60.1 cm³/mol. The highest BCUT2D eigenvalue weighted by molar-refractivity contribution is 5.75. The number of hydrogen-bond acceptors (Lipinski definition) is 4. The molecule has 0 fully saturated rings. The number of nitrogens with one attached hydrogen (secondary N) is 1. The SMILES string of the molecule is Cc1nc(CCC(=O)NCc2ccco2)co1. The maximum Gasteiger partial charge on any atom is 0.220 e. The van der Waals surface area contributed by atoms with Crippen LogP contribution in [0.15, 0.2) is 33.5 Å². The van der Waals surface area contributed by atoms with E-state index in [1.54, 1.807) is 25.5 Å². The third-order valence-corrected chi connectivity index (χ3v) is 2.31. The van der Waals surface area contributed by atoms with Crippen LogP contribution in [-0.4, -0.2) is 10.9 Å². The monoisotopic (exact) mass is 234 g/mol. The Hall–Kier alpha value is -2.04. The van der Waals surface area contributed by atoms with E-state index in [4.69, 9.17) is 8.83 Å². The molecule has 90 valence electrons. The lowest BCUT2D eigenvalue weighted by Gasteiger charge is -2.01. The number of carbonyl (C=O) groups is 1. The highest BCUT2D eigenvalue weighted by Gasteiger charge is 2.05. The zero-order chi connectivity index (χ0) is 12.1. The highest BCUT2D eigenvalue weighted by Crippen LogP contribution is 2.04. The van der Waals surface area contributed by atoms with Crippen molar-refractivity contribution in [1.29, 1.82) is 0 Å². The summed E-state index contributed by atoms with van der Waals surface area (Å²) in [7, 11) is 0. The van der Waals surface area contributed by atoms with Crippen molar-refractivity contribution in [2.75, 3.05) is 0 Å².